The fourth-order valence-corrected chi connectivity index (χ4v) is 5.03. The molecule has 4 heterocycles. The van der Waals surface area contributed by atoms with Crippen molar-refractivity contribution in [2.75, 3.05) is 48.8 Å². The summed E-state index contributed by atoms with van der Waals surface area (Å²) in [6.45, 7) is 2.11. The van der Waals surface area contributed by atoms with Crippen molar-refractivity contribution >= 4 is 58.5 Å². The van der Waals surface area contributed by atoms with Crippen LogP contribution in [0.5, 0.6) is 0 Å². The summed E-state index contributed by atoms with van der Waals surface area (Å²) in [5.74, 6) is -0.358. The molecule has 0 unspecified atom stereocenters. The lowest BCUT2D eigenvalue weighted by Gasteiger charge is -2.33. The van der Waals surface area contributed by atoms with Gasteiger partial charge in [0.15, 0.2) is 6.29 Å². The summed E-state index contributed by atoms with van der Waals surface area (Å²) in [4.78, 5) is 62.2. The van der Waals surface area contributed by atoms with Crippen molar-refractivity contribution in [3.8, 4) is 0 Å². The van der Waals surface area contributed by atoms with Crippen molar-refractivity contribution in [2.24, 2.45) is 0 Å². The first kappa shape index (κ1) is 28.8. The van der Waals surface area contributed by atoms with Gasteiger partial charge in [-0.05, 0) is 49.7 Å². The average molecular weight is 597 g/mol. The number of carbonyl (C=O) groups excluding carboxylic acids is 3. The van der Waals surface area contributed by atoms with Crippen LogP contribution in [-0.2, 0) is 17.8 Å². The van der Waals surface area contributed by atoms with Gasteiger partial charge in [0.2, 0.25) is 5.91 Å². The lowest BCUT2D eigenvalue weighted by atomic mass is 10.0. The molecule has 15 heteroatoms. The van der Waals surface area contributed by atoms with Crippen molar-refractivity contribution in [3.63, 3.8) is 0 Å². The number of hydrogen-bond donors (Lipinski definition) is 2. The summed E-state index contributed by atoms with van der Waals surface area (Å²) in [5, 5.41) is 16.9. The molecule has 0 radical (unpaired) electrons. The highest BCUT2D eigenvalue weighted by Crippen LogP contribution is 2.32. The van der Waals surface area contributed by atoms with E-state index in [4.69, 9.17) is 11.6 Å². The average Bonchev–Trinajstić information content (AvgIpc) is 2.95. The summed E-state index contributed by atoms with van der Waals surface area (Å²) < 4.78 is 13.6. The number of amides is 3. The highest BCUT2D eigenvalue weighted by molar-refractivity contribution is 6.31. The minimum atomic E-state index is -0.648. The van der Waals surface area contributed by atoms with Crippen molar-refractivity contribution in [1.29, 1.82) is 0 Å². The van der Waals surface area contributed by atoms with Crippen LogP contribution in [0.15, 0.2) is 36.5 Å². The Bertz CT molecular complexity index is 1590. The highest BCUT2D eigenvalue weighted by Gasteiger charge is 2.28. The monoisotopic (exact) mass is 596 g/mol. The molecule has 2 aliphatic heterocycles. The highest BCUT2D eigenvalue weighted by atomic mass is 35.5. The van der Waals surface area contributed by atoms with Crippen molar-refractivity contribution < 1.29 is 23.7 Å². The fourth-order valence-electron chi connectivity index (χ4n) is 4.85. The third-order valence-electron chi connectivity index (χ3n) is 7.02. The predicted molar refractivity (Wildman–Crippen MR) is 153 cm³/mol. The van der Waals surface area contributed by atoms with Crippen LogP contribution in [0, 0.1) is 15.9 Å². The van der Waals surface area contributed by atoms with Crippen LogP contribution in [0.2, 0.25) is 5.02 Å². The number of likely N-dealkylation sites (N-methyl/N-ethyl adjacent to an activating group) is 1. The van der Waals surface area contributed by atoms with Gasteiger partial charge in [-0.25, -0.2) is 19.2 Å². The SMILES string of the molecule is CN1CCN(Cc2cc3c(nc2C=O)N(C(=O)Nc2cc(Nc4ccc(F)c(Cl)c4)c([N+](=O)[O-])cn2)CCC3)C(=O)C1. The Balaban J connectivity index is 1.37. The molecule has 2 aliphatic rings. The first-order valence-corrected chi connectivity index (χ1v) is 13.4. The Hall–Kier alpha value is -4.69. The van der Waals surface area contributed by atoms with E-state index in [2.05, 4.69) is 20.6 Å². The number of benzene rings is 1. The molecular formula is C27H26ClFN8O5. The summed E-state index contributed by atoms with van der Waals surface area (Å²) in [5.41, 5.74) is 1.41. The molecule has 2 N–H and O–H groups in total. The Morgan fingerprint density at radius 1 is 1.24 bits per heavy atom. The molecule has 0 atom stereocenters. The first-order chi connectivity index (χ1) is 20.1. The Morgan fingerprint density at radius 2 is 2.05 bits per heavy atom. The lowest BCUT2D eigenvalue weighted by Crippen LogP contribution is -2.48. The number of fused-ring (bicyclic) bond motifs is 1. The van der Waals surface area contributed by atoms with Gasteiger partial charge in [0.25, 0.3) is 0 Å². The fraction of sp³-hybridized carbons (Fsp3) is 0.296. The number of aromatic nitrogens is 2. The van der Waals surface area contributed by atoms with Gasteiger partial charge in [-0.3, -0.25) is 34.8 Å². The maximum atomic E-state index is 13.6. The van der Waals surface area contributed by atoms with Crippen molar-refractivity contribution in [2.45, 2.75) is 19.4 Å². The van der Waals surface area contributed by atoms with Gasteiger partial charge in [0, 0.05) is 43.5 Å². The molecule has 3 amide bonds. The Morgan fingerprint density at radius 3 is 2.76 bits per heavy atom. The smallest absolute Gasteiger partial charge is 0.328 e. The normalized spacial score (nSPS) is 15.3. The third kappa shape index (κ3) is 6.14. The molecule has 5 rings (SSSR count). The molecule has 218 valence electrons. The van der Waals surface area contributed by atoms with E-state index >= 15 is 0 Å². The summed E-state index contributed by atoms with van der Waals surface area (Å²) in [6.07, 6.45) is 2.85. The van der Waals surface area contributed by atoms with E-state index in [-0.39, 0.29) is 46.0 Å². The molecule has 2 aromatic heterocycles. The number of anilines is 4. The molecule has 3 aromatic rings. The van der Waals surface area contributed by atoms with Crippen LogP contribution in [-0.4, -0.2) is 76.1 Å². The molecule has 1 fully saturated rings. The van der Waals surface area contributed by atoms with Gasteiger partial charge >= 0.3 is 11.7 Å². The van der Waals surface area contributed by atoms with Gasteiger partial charge in [-0.1, -0.05) is 11.6 Å². The third-order valence-corrected chi connectivity index (χ3v) is 7.30. The molecule has 42 heavy (non-hydrogen) atoms. The topological polar surface area (TPSA) is 154 Å². The van der Waals surface area contributed by atoms with Gasteiger partial charge in [-0.15, -0.1) is 0 Å². The van der Waals surface area contributed by atoms with E-state index in [1.165, 1.54) is 23.1 Å². The summed E-state index contributed by atoms with van der Waals surface area (Å²) in [7, 11) is 1.87. The first-order valence-electron chi connectivity index (χ1n) is 13.0. The Kier molecular flexibility index (Phi) is 8.27. The second-order valence-corrected chi connectivity index (χ2v) is 10.4. The number of aryl methyl sites for hydroxylation is 1. The zero-order valence-electron chi connectivity index (χ0n) is 22.5. The lowest BCUT2D eigenvalue weighted by molar-refractivity contribution is -0.384. The number of pyridine rings is 2. The zero-order chi connectivity index (χ0) is 30.0. The molecule has 13 nitrogen and oxygen atoms in total. The molecule has 0 aliphatic carbocycles. The summed E-state index contributed by atoms with van der Waals surface area (Å²) in [6, 6.07) is 6.24. The molecule has 0 saturated carbocycles. The minimum absolute atomic E-state index is 0.00326. The van der Waals surface area contributed by atoms with Gasteiger partial charge in [0.05, 0.1) is 16.5 Å². The number of carbonyl (C=O) groups is 3. The molecule has 0 spiro atoms. The van der Waals surface area contributed by atoms with Crippen LogP contribution in [0.3, 0.4) is 0 Å². The quantitative estimate of drug-likeness (QED) is 0.234. The van der Waals surface area contributed by atoms with Crippen molar-refractivity contribution in [3.05, 3.63) is 74.3 Å². The van der Waals surface area contributed by atoms with E-state index < -0.39 is 16.8 Å². The maximum Gasteiger partial charge on any atom is 0.328 e. The second-order valence-electron chi connectivity index (χ2n) is 9.97. The number of piperazine rings is 1. The number of rotatable bonds is 7. The Labute approximate surface area is 244 Å². The number of aldehydes is 1. The van der Waals surface area contributed by atoms with Crippen LogP contribution in [0.1, 0.15) is 28.0 Å². The second kappa shape index (κ2) is 12.0. The number of urea groups is 1. The molecule has 1 saturated heterocycles. The van der Waals surface area contributed by atoms with E-state index in [1.54, 1.807) is 4.90 Å². The number of halogens is 2. The van der Waals surface area contributed by atoms with Crippen LogP contribution >= 0.6 is 11.6 Å². The van der Waals surface area contributed by atoms with E-state index in [0.29, 0.717) is 50.1 Å². The van der Waals surface area contributed by atoms with Gasteiger partial charge in [0.1, 0.15) is 35.0 Å². The van der Waals surface area contributed by atoms with E-state index in [9.17, 15) is 28.9 Å². The van der Waals surface area contributed by atoms with E-state index in [1.807, 2.05) is 18.0 Å². The van der Waals surface area contributed by atoms with Gasteiger partial charge < -0.3 is 10.2 Å². The van der Waals surface area contributed by atoms with Crippen LogP contribution in [0.4, 0.5) is 37.9 Å². The van der Waals surface area contributed by atoms with E-state index in [0.717, 1.165) is 24.4 Å². The van der Waals surface area contributed by atoms with Crippen molar-refractivity contribution in [1.82, 2.24) is 19.8 Å². The molecule has 1 aromatic carbocycles. The van der Waals surface area contributed by atoms with Crippen LogP contribution in [0.25, 0.3) is 0 Å². The van der Waals surface area contributed by atoms with Gasteiger partial charge in [-0.2, -0.15) is 0 Å². The number of nitrogens with one attached hydrogen (secondary N) is 2. The maximum absolute atomic E-state index is 13.6. The minimum Gasteiger partial charge on any atom is -0.350 e. The predicted octanol–water partition coefficient (Wildman–Crippen LogP) is 3.99. The largest absolute Gasteiger partial charge is 0.350 e. The van der Waals surface area contributed by atoms with Crippen LogP contribution < -0.4 is 15.5 Å². The zero-order valence-corrected chi connectivity index (χ0v) is 23.2. The molecular weight excluding hydrogens is 571 g/mol. The standard InChI is InChI=1S/C27H26ClFN8O5/c1-34-7-8-35(25(39)14-34)13-17-9-16-3-2-6-36(26(16)32-22(17)15-38)27(40)33-24-11-21(23(12-30-24)37(41)42)31-18-4-5-20(29)19(28)10-18/h4-5,9-12,15H,2-3,6-8,13-14H2,1H3,(H2,30,31,33,40). The summed E-state index contributed by atoms with van der Waals surface area (Å²) >= 11 is 5.83. The number of nitrogens with zero attached hydrogens (tertiary/aromatic N) is 6. The number of hydrogen-bond acceptors (Lipinski definition) is 9. The number of nitro groups is 1. The molecule has 0 bridgehead atoms.